The third-order valence-corrected chi connectivity index (χ3v) is 3.84. The quantitative estimate of drug-likeness (QED) is 0.590. The highest BCUT2D eigenvalue weighted by molar-refractivity contribution is 6.54. The van der Waals surface area contributed by atoms with Gasteiger partial charge in [0.1, 0.15) is 5.82 Å². The summed E-state index contributed by atoms with van der Waals surface area (Å²) in [6.07, 6.45) is 0. The number of carbonyl (C=O) groups excluding carboxylic acids is 2. The number of Topliss-reactive ketones (excluding diaryl/α,β-unsaturated/α-hetero) is 2. The van der Waals surface area contributed by atoms with Crippen molar-refractivity contribution in [2.75, 3.05) is 0 Å². The lowest BCUT2D eigenvalue weighted by Crippen LogP contribution is -2.32. The predicted molar refractivity (Wildman–Crippen MR) is 69.0 cm³/mol. The van der Waals surface area contributed by atoms with Crippen LogP contribution in [0.5, 0.6) is 0 Å². The van der Waals surface area contributed by atoms with Crippen LogP contribution in [0.2, 0.25) is 0 Å². The van der Waals surface area contributed by atoms with Crippen LogP contribution in [0.3, 0.4) is 0 Å². The van der Waals surface area contributed by atoms with Crippen molar-refractivity contribution in [3.8, 4) is 0 Å². The minimum absolute atomic E-state index is 0.0452. The first-order valence-electron chi connectivity index (χ1n) is 5.69. The Kier molecular flexibility index (Phi) is 2.54. The van der Waals surface area contributed by atoms with E-state index in [1.54, 1.807) is 30.3 Å². The van der Waals surface area contributed by atoms with Crippen molar-refractivity contribution >= 4 is 23.2 Å². The molecule has 0 aromatic heterocycles. The highest BCUT2D eigenvalue weighted by Gasteiger charge is 2.54. The molecule has 94 valence electrons. The molecule has 0 spiro atoms. The molecule has 0 radical (unpaired) electrons. The number of ketones is 2. The Hall–Kier alpha value is -2.00. The van der Waals surface area contributed by atoms with Gasteiger partial charge in [0.15, 0.2) is 16.4 Å². The topological polar surface area (TPSA) is 34.1 Å². The number of benzene rings is 2. The van der Waals surface area contributed by atoms with Crippen molar-refractivity contribution in [3.05, 3.63) is 71.0 Å². The number of halogens is 2. The zero-order valence-corrected chi connectivity index (χ0v) is 10.4. The van der Waals surface area contributed by atoms with Crippen LogP contribution in [0.15, 0.2) is 48.5 Å². The fourth-order valence-electron chi connectivity index (χ4n) is 2.34. The number of alkyl halides is 1. The molecule has 2 aromatic carbocycles. The molecule has 1 atom stereocenters. The van der Waals surface area contributed by atoms with E-state index in [1.165, 1.54) is 12.1 Å². The minimum Gasteiger partial charge on any atom is -0.291 e. The Labute approximate surface area is 113 Å². The zero-order chi connectivity index (χ0) is 13.6. The van der Waals surface area contributed by atoms with Crippen molar-refractivity contribution in [3.63, 3.8) is 0 Å². The highest BCUT2D eigenvalue weighted by atomic mass is 35.5. The minimum atomic E-state index is -1.84. The van der Waals surface area contributed by atoms with E-state index in [-0.39, 0.29) is 11.1 Å². The molecule has 0 N–H and O–H groups in total. The molecule has 4 heteroatoms. The van der Waals surface area contributed by atoms with Crippen LogP contribution in [0.4, 0.5) is 4.39 Å². The van der Waals surface area contributed by atoms with E-state index in [0.29, 0.717) is 5.56 Å². The van der Waals surface area contributed by atoms with Crippen LogP contribution >= 0.6 is 11.6 Å². The smallest absolute Gasteiger partial charge is 0.199 e. The summed E-state index contributed by atoms with van der Waals surface area (Å²) in [6, 6.07) is 12.3. The molecule has 0 bridgehead atoms. The van der Waals surface area contributed by atoms with E-state index in [0.717, 1.165) is 6.07 Å². The summed E-state index contributed by atoms with van der Waals surface area (Å²) in [5.74, 6) is -1.98. The van der Waals surface area contributed by atoms with Crippen molar-refractivity contribution in [2.45, 2.75) is 4.87 Å². The molecule has 1 aliphatic rings. The van der Waals surface area contributed by atoms with Gasteiger partial charge in [0.05, 0.1) is 5.56 Å². The number of hydrogen-bond donors (Lipinski definition) is 0. The van der Waals surface area contributed by atoms with E-state index < -0.39 is 22.3 Å². The maximum atomic E-state index is 13.7. The first-order chi connectivity index (χ1) is 9.06. The highest BCUT2D eigenvalue weighted by Crippen LogP contribution is 2.43. The number of fused-ring (bicyclic) bond motifs is 1. The molecule has 3 rings (SSSR count). The SMILES string of the molecule is O=C1c2cccc(F)c2C(=O)C1(Cl)c1ccccc1. The van der Waals surface area contributed by atoms with Crippen LogP contribution in [-0.4, -0.2) is 11.6 Å². The van der Waals surface area contributed by atoms with Gasteiger partial charge >= 0.3 is 0 Å². The van der Waals surface area contributed by atoms with E-state index in [9.17, 15) is 14.0 Å². The summed E-state index contributed by atoms with van der Waals surface area (Å²) in [5, 5.41) is 0. The fourth-order valence-corrected chi connectivity index (χ4v) is 2.66. The average molecular weight is 275 g/mol. The second-order valence-electron chi connectivity index (χ2n) is 4.35. The molecule has 0 amide bonds. The number of hydrogen-bond acceptors (Lipinski definition) is 2. The summed E-state index contributed by atoms with van der Waals surface area (Å²) in [6.45, 7) is 0. The molecular formula is C15H8ClFO2. The Balaban J connectivity index is 2.26. The van der Waals surface area contributed by atoms with Gasteiger partial charge in [-0.15, -0.1) is 0 Å². The largest absolute Gasteiger partial charge is 0.291 e. The Bertz CT molecular complexity index is 697. The molecule has 0 heterocycles. The Morgan fingerprint density at radius 1 is 0.895 bits per heavy atom. The van der Waals surface area contributed by atoms with Gasteiger partial charge in [0.25, 0.3) is 0 Å². The van der Waals surface area contributed by atoms with Gasteiger partial charge in [0.2, 0.25) is 0 Å². The Morgan fingerprint density at radius 2 is 1.58 bits per heavy atom. The second kappa shape index (κ2) is 4.00. The van der Waals surface area contributed by atoms with Crippen molar-refractivity contribution in [2.24, 2.45) is 0 Å². The number of rotatable bonds is 1. The maximum Gasteiger partial charge on any atom is 0.199 e. The lowest BCUT2D eigenvalue weighted by molar-refractivity contribution is 0.0860. The molecule has 0 fully saturated rings. The monoisotopic (exact) mass is 274 g/mol. The van der Waals surface area contributed by atoms with Crippen LogP contribution in [0.1, 0.15) is 26.3 Å². The van der Waals surface area contributed by atoms with Gasteiger partial charge in [-0.25, -0.2) is 4.39 Å². The van der Waals surface area contributed by atoms with Crippen LogP contribution in [0.25, 0.3) is 0 Å². The standard InChI is InChI=1S/C15H8ClFO2/c16-15(9-5-2-1-3-6-9)13(18)10-7-4-8-11(17)12(10)14(15)19/h1-8H. The zero-order valence-electron chi connectivity index (χ0n) is 9.69. The van der Waals surface area contributed by atoms with Gasteiger partial charge in [-0.2, -0.15) is 0 Å². The van der Waals surface area contributed by atoms with E-state index in [4.69, 9.17) is 11.6 Å². The van der Waals surface area contributed by atoms with Crippen molar-refractivity contribution in [1.82, 2.24) is 0 Å². The summed E-state index contributed by atoms with van der Waals surface area (Å²) in [5.41, 5.74) is 0.192. The number of carbonyl (C=O) groups is 2. The molecular weight excluding hydrogens is 267 g/mol. The molecule has 0 saturated carbocycles. The summed E-state index contributed by atoms with van der Waals surface area (Å²) in [7, 11) is 0. The molecule has 1 aliphatic carbocycles. The molecule has 19 heavy (non-hydrogen) atoms. The molecule has 0 saturated heterocycles. The van der Waals surface area contributed by atoms with Crippen LogP contribution < -0.4 is 0 Å². The van der Waals surface area contributed by atoms with Gasteiger partial charge < -0.3 is 0 Å². The van der Waals surface area contributed by atoms with E-state index in [2.05, 4.69) is 0 Å². The first kappa shape index (κ1) is 12.1. The molecule has 2 nitrogen and oxygen atoms in total. The summed E-state index contributed by atoms with van der Waals surface area (Å²) in [4.78, 5) is 22.9. The summed E-state index contributed by atoms with van der Waals surface area (Å²) < 4.78 is 13.7. The third kappa shape index (κ3) is 1.48. The van der Waals surface area contributed by atoms with Gasteiger partial charge in [-0.05, 0) is 11.6 Å². The predicted octanol–water partition coefficient (Wildman–Crippen LogP) is 3.34. The van der Waals surface area contributed by atoms with Crippen LogP contribution in [-0.2, 0) is 4.87 Å². The maximum absolute atomic E-state index is 13.7. The van der Waals surface area contributed by atoms with Gasteiger partial charge in [0, 0.05) is 5.56 Å². The van der Waals surface area contributed by atoms with E-state index >= 15 is 0 Å². The van der Waals surface area contributed by atoms with Gasteiger partial charge in [-0.1, -0.05) is 54.1 Å². The first-order valence-corrected chi connectivity index (χ1v) is 6.07. The van der Waals surface area contributed by atoms with Crippen molar-refractivity contribution < 1.29 is 14.0 Å². The normalized spacial score (nSPS) is 21.6. The molecule has 0 aliphatic heterocycles. The second-order valence-corrected chi connectivity index (χ2v) is 4.91. The molecule has 1 unspecified atom stereocenters. The van der Waals surface area contributed by atoms with Crippen LogP contribution in [0, 0.1) is 5.82 Å². The van der Waals surface area contributed by atoms with Gasteiger partial charge in [-0.3, -0.25) is 9.59 Å². The molecule has 2 aromatic rings. The summed E-state index contributed by atoms with van der Waals surface area (Å²) >= 11 is 6.27. The van der Waals surface area contributed by atoms with E-state index in [1.807, 2.05) is 0 Å². The lowest BCUT2D eigenvalue weighted by atomic mass is 9.93. The van der Waals surface area contributed by atoms with Crippen molar-refractivity contribution in [1.29, 1.82) is 0 Å². The third-order valence-electron chi connectivity index (χ3n) is 3.28. The lowest BCUT2D eigenvalue weighted by Gasteiger charge is -2.17. The Morgan fingerprint density at radius 3 is 2.21 bits per heavy atom. The fraction of sp³-hybridized carbons (Fsp3) is 0.0667. The average Bonchev–Trinajstić information content (AvgIpc) is 2.64.